The summed E-state index contributed by atoms with van der Waals surface area (Å²) >= 11 is 0. The van der Waals surface area contributed by atoms with E-state index < -0.39 is 6.10 Å². The highest BCUT2D eigenvalue weighted by atomic mass is 16.5. The molecule has 100 valence electrons. The van der Waals surface area contributed by atoms with Crippen LogP contribution in [0.3, 0.4) is 0 Å². The van der Waals surface area contributed by atoms with Gasteiger partial charge in [0.1, 0.15) is 12.7 Å². The Balaban J connectivity index is 2.83. The topological polar surface area (TPSA) is 76.0 Å². The summed E-state index contributed by atoms with van der Waals surface area (Å²) in [4.78, 5) is 11.5. The fourth-order valence-corrected chi connectivity index (χ4v) is 1.40. The summed E-state index contributed by atoms with van der Waals surface area (Å²) < 4.78 is 10.4. The molecule has 0 aliphatic heterocycles. The van der Waals surface area contributed by atoms with Gasteiger partial charge in [0, 0.05) is 12.0 Å². The number of carbonyl (C=O) groups excluding carboxylic acids is 1. The van der Waals surface area contributed by atoms with Crippen molar-refractivity contribution in [1.29, 1.82) is 0 Å². The Bertz CT molecular complexity index is 402. The molecule has 2 N–H and O–H groups in total. The fourth-order valence-electron chi connectivity index (χ4n) is 1.40. The lowest BCUT2D eigenvalue weighted by molar-refractivity contribution is 0.0527. The molecule has 5 heteroatoms. The molecule has 0 spiro atoms. The minimum absolute atomic E-state index is 0.0234. The lowest BCUT2D eigenvalue weighted by atomic mass is 10.1. The first kappa shape index (κ1) is 14.5. The van der Waals surface area contributed by atoms with Gasteiger partial charge in [0.25, 0.3) is 0 Å². The molecule has 0 saturated heterocycles. The standard InChI is InChI=1S/C13H18O5/c1-3-11(16)9-4-5-12(13(6-9)17-2)18-8-10(15)7-14/h4-6,10,14-15H,3,7-8H2,1-2H3/t10-/m0/s1. The Morgan fingerprint density at radius 2 is 2.11 bits per heavy atom. The van der Waals surface area contributed by atoms with Gasteiger partial charge in [-0.05, 0) is 18.2 Å². The molecule has 5 nitrogen and oxygen atoms in total. The van der Waals surface area contributed by atoms with Crippen LogP contribution in [0.15, 0.2) is 18.2 Å². The molecule has 1 rings (SSSR count). The number of hydrogen-bond acceptors (Lipinski definition) is 5. The summed E-state index contributed by atoms with van der Waals surface area (Å²) in [6.07, 6.45) is -0.515. The molecule has 1 aromatic carbocycles. The first-order chi connectivity index (χ1) is 8.62. The molecule has 1 atom stereocenters. The number of ketones is 1. The number of aliphatic hydroxyl groups excluding tert-OH is 2. The Labute approximate surface area is 106 Å². The first-order valence-electron chi connectivity index (χ1n) is 5.75. The third kappa shape index (κ3) is 3.72. The lowest BCUT2D eigenvalue weighted by Gasteiger charge is -2.13. The van der Waals surface area contributed by atoms with Gasteiger partial charge in [-0.15, -0.1) is 0 Å². The van der Waals surface area contributed by atoms with Gasteiger partial charge in [-0.3, -0.25) is 4.79 Å². The first-order valence-corrected chi connectivity index (χ1v) is 5.75. The van der Waals surface area contributed by atoms with Gasteiger partial charge in [-0.25, -0.2) is 0 Å². The van der Waals surface area contributed by atoms with E-state index in [1.807, 2.05) is 0 Å². The van der Waals surface area contributed by atoms with Crippen LogP contribution in [0.25, 0.3) is 0 Å². The van der Waals surface area contributed by atoms with Crippen LogP contribution < -0.4 is 9.47 Å². The molecule has 0 bridgehead atoms. The average Bonchev–Trinajstić information content (AvgIpc) is 2.43. The van der Waals surface area contributed by atoms with Crippen LogP contribution in [0.4, 0.5) is 0 Å². The zero-order valence-electron chi connectivity index (χ0n) is 10.5. The van der Waals surface area contributed by atoms with Crippen LogP contribution in [0.2, 0.25) is 0 Å². The van der Waals surface area contributed by atoms with E-state index in [2.05, 4.69) is 0 Å². The van der Waals surface area contributed by atoms with Gasteiger partial charge in [-0.1, -0.05) is 6.92 Å². The van der Waals surface area contributed by atoms with E-state index in [0.717, 1.165) is 0 Å². The van der Waals surface area contributed by atoms with Crippen molar-refractivity contribution in [3.8, 4) is 11.5 Å². The van der Waals surface area contributed by atoms with Crippen molar-refractivity contribution in [3.63, 3.8) is 0 Å². The Kier molecular flexibility index (Phi) is 5.61. The second-order valence-corrected chi connectivity index (χ2v) is 3.79. The smallest absolute Gasteiger partial charge is 0.162 e. The third-order valence-corrected chi connectivity index (χ3v) is 2.45. The molecule has 0 aromatic heterocycles. The maximum absolute atomic E-state index is 11.5. The molecular formula is C13H18O5. The lowest BCUT2D eigenvalue weighted by Crippen LogP contribution is -2.21. The van der Waals surface area contributed by atoms with Crippen molar-refractivity contribution < 1.29 is 24.5 Å². The van der Waals surface area contributed by atoms with Gasteiger partial charge in [0.2, 0.25) is 0 Å². The van der Waals surface area contributed by atoms with Gasteiger partial charge >= 0.3 is 0 Å². The van der Waals surface area contributed by atoms with Crippen LogP contribution in [0.1, 0.15) is 23.7 Å². The van der Waals surface area contributed by atoms with E-state index in [-0.39, 0.29) is 19.0 Å². The quantitative estimate of drug-likeness (QED) is 0.710. The van der Waals surface area contributed by atoms with E-state index >= 15 is 0 Å². The predicted octanol–water partition coefficient (Wildman–Crippen LogP) is 1.02. The molecule has 18 heavy (non-hydrogen) atoms. The number of aliphatic hydroxyl groups is 2. The Morgan fingerprint density at radius 1 is 1.39 bits per heavy atom. The summed E-state index contributed by atoms with van der Waals surface area (Å²) in [6, 6.07) is 4.87. The normalized spacial score (nSPS) is 12.0. The Morgan fingerprint density at radius 3 is 2.67 bits per heavy atom. The number of benzene rings is 1. The molecule has 0 amide bonds. The molecule has 0 aliphatic rings. The van der Waals surface area contributed by atoms with E-state index in [1.165, 1.54) is 7.11 Å². The molecule has 0 saturated carbocycles. The second-order valence-electron chi connectivity index (χ2n) is 3.79. The van der Waals surface area contributed by atoms with Gasteiger partial charge < -0.3 is 19.7 Å². The number of carbonyl (C=O) groups is 1. The molecule has 0 fully saturated rings. The fraction of sp³-hybridized carbons (Fsp3) is 0.462. The van der Waals surface area contributed by atoms with Crippen LogP contribution in [-0.2, 0) is 0 Å². The zero-order chi connectivity index (χ0) is 13.5. The van der Waals surface area contributed by atoms with Crippen LogP contribution in [-0.4, -0.2) is 42.4 Å². The number of methoxy groups -OCH3 is 1. The van der Waals surface area contributed by atoms with Crippen molar-refractivity contribution in [1.82, 2.24) is 0 Å². The number of ether oxygens (including phenoxy) is 2. The average molecular weight is 254 g/mol. The molecule has 0 heterocycles. The SMILES string of the molecule is CCC(=O)c1ccc(OC[C@@H](O)CO)c(OC)c1. The molecule has 0 radical (unpaired) electrons. The summed E-state index contributed by atoms with van der Waals surface area (Å²) in [7, 11) is 1.48. The predicted molar refractivity (Wildman–Crippen MR) is 66.2 cm³/mol. The molecular weight excluding hydrogens is 236 g/mol. The largest absolute Gasteiger partial charge is 0.493 e. The highest BCUT2D eigenvalue weighted by Crippen LogP contribution is 2.28. The highest BCUT2D eigenvalue weighted by molar-refractivity contribution is 5.96. The summed E-state index contributed by atoms with van der Waals surface area (Å²) in [5.41, 5.74) is 0.560. The molecule has 0 unspecified atom stereocenters. The molecule has 0 aliphatic carbocycles. The molecule has 1 aromatic rings. The maximum Gasteiger partial charge on any atom is 0.162 e. The summed E-state index contributed by atoms with van der Waals surface area (Å²) in [5, 5.41) is 17.9. The summed E-state index contributed by atoms with van der Waals surface area (Å²) in [6.45, 7) is 1.39. The van der Waals surface area contributed by atoms with Crippen LogP contribution in [0, 0.1) is 0 Å². The van der Waals surface area contributed by atoms with E-state index in [9.17, 15) is 9.90 Å². The van der Waals surface area contributed by atoms with Gasteiger partial charge in [0.05, 0.1) is 13.7 Å². The van der Waals surface area contributed by atoms with Gasteiger partial charge in [0.15, 0.2) is 17.3 Å². The number of hydrogen-bond donors (Lipinski definition) is 2. The maximum atomic E-state index is 11.5. The van der Waals surface area contributed by atoms with Crippen LogP contribution in [0.5, 0.6) is 11.5 Å². The van der Waals surface area contributed by atoms with Crippen molar-refractivity contribution in [3.05, 3.63) is 23.8 Å². The van der Waals surface area contributed by atoms with E-state index in [1.54, 1.807) is 25.1 Å². The van der Waals surface area contributed by atoms with Crippen LogP contribution >= 0.6 is 0 Å². The minimum Gasteiger partial charge on any atom is -0.493 e. The Hall–Kier alpha value is -1.59. The summed E-state index contributed by atoms with van der Waals surface area (Å²) in [5.74, 6) is 0.882. The van der Waals surface area contributed by atoms with Crippen molar-refractivity contribution in [2.45, 2.75) is 19.4 Å². The monoisotopic (exact) mass is 254 g/mol. The highest BCUT2D eigenvalue weighted by Gasteiger charge is 2.11. The number of rotatable bonds is 7. The van der Waals surface area contributed by atoms with Crippen molar-refractivity contribution in [2.75, 3.05) is 20.3 Å². The number of Topliss-reactive ketones (excluding diaryl/α,β-unsaturated/α-hetero) is 1. The minimum atomic E-state index is -0.938. The van der Waals surface area contributed by atoms with Crippen molar-refractivity contribution >= 4 is 5.78 Å². The third-order valence-electron chi connectivity index (χ3n) is 2.45. The van der Waals surface area contributed by atoms with E-state index in [4.69, 9.17) is 14.6 Å². The van der Waals surface area contributed by atoms with Crippen molar-refractivity contribution in [2.24, 2.45) is 0 Å². The van der Waals surface area contributed by atoms with E-state index in [0.29, 0.717) is 23.5 Å². The van der Waals surface area contributed by atoms with Gasteiger partial charge in [-0.2, -0.15) is 0 Å². The second kappa shape index (κ2) is 6.98. The zero-order valence-corrected chi connectivity index (χ0v) is 10.5.